The lowest BCUT2D eigenvalue weighted by atomic mass is 10.0. The Morgan fingerprint density at radius 2 is 0.812 bits per heavy atom. The number of aliphatic hydroxyl groups excluding tert-OH is 1. The average molecular weight is 994 g/mol. The van der Waals surface area contributed by atoms with Crippen LogP contribution in [0.3, 0.4) is 0 Å². The molecule has 0 aliphatic rings. The number of phosphoric acid groups is 1. The first kappa shape index (κ1) is 67.7. The van der Waals surface area contributed by atoms with Gasteiger partial charge in [-0.05, 0) is 57.8 Å². The number of hydrogen-bond donors (Lipinski definition) is 2. The van der Waals surface area contributed by atoms with Gasteiger partial charge in [0.05, 0.1) is 39.9 Å². The number of rotatable bonds is 55. The van der Waals surface area contributed by atoms with E-state index in [0.29, 0.717) is 17.4 Å². The first-order chi connectivity index (χ1) is 33.5. The van der Waals surface area contributed by atoms with Crippen LogP contribution in [0.5, 0.6) is 0 Å². The number of unbranched alkanes of at least 4 members (excludes halogenated alkanes) is 38. The third-order valence-corrected chi connectivity index (χ3v) is 14.5. The Morgan fingerprint density at radius 1 is 0.493 bits per heavy atom. The highest BCUT2D eigenvalue weighted by Crippen LogP contribution is 2.38. The molecule has 0 radical (unpaired) electrons. The van der Waals surface area contributed by atoms with Gasteiger partial charge in [-0.3, -0.25) is 9.36 Å². The molecule has 0 aromatic rings. The number of nitrogens with one attached hydrogen (secondary N) is 1. The van der Waals surface area contributed by atoms with E-state index in [1.54, 1.807) is 6.08 Å². The first-order valence-electron chi connectivity index (χ1n) is 29.9. The topological polar surface area (TPSA) is 108 Å². The maximum atomic E-state index is 13.0. The minimum atomic E-state index is -4.61. The Hall–Kier alpha value is -1.28. The molecule has 1 amide bonds. The lowest BCUT2D eigenvalue weighted by Crippen LogP contribution is -2.45. The number of nitrogens with zero attached hydrogens (tertiary/aromatic N) is 1. The molecular formula is C60H117N2O6P. The molecule has 0 bridgehead atoms. The van der Waals surface area contributed by atoms with Crippen molar-refractivity contribution in [3.8, 4) is 0 Å². The minimum absolute atomic E-state index is 0.00604. The summed E-state index contributed by atoms with van der Waals surface area (Å²) in [6.45, 7) is 4.66. The van der Waals surface area contributed by atoms with Gasteiger partial charge in [-0.25, -0.2) is 0 Å². The largest absolute Gasteiger partial charge is 0.756 e. The molecule has 0 spiro atoms. The lowest BCUT2D eigenvalue weighted by Gasteiger charge is -2.29. The fourth-order valence-corrected chi connectivity index (χ4v) is 9.60. The van der Waals surface area contributed by atoms with E-state index in [4.69, 9.17) is 9.05 Å². The van der Waals surface area contributed by atoms with Crippen LogP contribution in [0.1, 0.15) is 290 Å². The van der Waals surface area contributed by atoms with E-state index in [2.05, 4.69) is 43.5 Å². The van der Waals surface area contributed by atoms with Gasteiger partial charge in [0.1, 0.15) is 13.2 Å². The molecule has 0 aromatic heterocycles. The predicted molar refractivity (Wildman–Crippen MR) is 298 cm³/mol. The fourth-order valence-electron chi connectivity index (χ4n) is 8.87. The van der Waals surface area contributed by atoms with Crippen LogP contribution >= 0.6 is 7.82 Å². The summed E-state index contributed by atoms with van der Waals surface area (Å²) in [4.78, 5) is 25.5. The molecule has 0 aliphatic heterocycles. The highest BCUT2D eigenvalue weighted by atomic mass is 31.2. The van der Waals surface area contributed by atoms with Gasteiger partial charge in [-0.2, -0.15) is 0 Å². The Balaban J connectivity index is 4.20. The quantitative estimate of drug-likeness (QED) is 0.0272. The molecule has 8 nitrogen and oxygen atoms in total. The summed E-state index contributed by atoms with van der Waals surface area (Å²) in [6, 6.07) is -0.904. The van der Waals surface area contributed by atoms with Crippen molar-refractivity contribution < 1.29 is 32.9 Å². The number of allylic oxidation sites excluding steroid dienone is 5. The first-order valence-corrected chi connectivity index (χ1v) is 31.3. The summed E-state index contributed by atoms with van der Waals surface area (Å²) in [5, 5.41) is 13.9. The maximum Gasteiger partial charge on any atom is 0.268 e. The highest BCUT2D eigenvalue weighted by molar-refractivity contribution is 7.45. The van der Waals surface area contributed by atoms with Crippen molar-refractivity contribution in [2.75, 3.05) is 40.9 Å². The van der Waals surface area contributed by atoms with Crippen LogP contribution in [0.15, 0.2) is 36.5 Å². The van der Waals surface area contributed by atoms with E-state index in [1.165, 1.54) is 231 Å². The van der Waals surface area contributed by atoms with Crippen LogP contribution < -0.4 is 10.2 Å². The van der Waals surface area contributed by atoms with E-state index in [9.17, 15) is 19.4 Å². The Kier molecular flexibility index (Phi) is 50.7. The van der Waals surface area contributed by atoms with Gasteiger partial charge in [-0.1, -0.05) is 262 Å². The molecule has 3 atom stereocenters. The number of quaternary nitrogens is 1. The normalized spacial score (nSPS) is 14.1. The zero-order chi connectivity index (χ0) is 50.6. The second-order valence-electron chi connectivity index (χ2n) is 21.7. The number of carbonyl (C=O) groups excluding carboxylic acids is 1. The highest BCUT2D eigenvalue weighted by Gasteiger charge is 2.23. The van der Waals surface area contributed by atoms with Crippen LogP contribution in [0.4, 0.5) is 0 Å². The minimum Gasteiger partial charge on any atom is -0.756 e. The summed E-state index contributed by atoms with van der Waals surface area (Å²) in [5.41, 5.74) is 0. The molecule has 0 fully saturated rings. The molecule has 0 heterocycles. The van der Waals surface area contributed by atoms with E-state index in [0.717, 1.165) is 38.5 Å². The fraction of sp³-hybridized carbons (Fsp3) is 0.883. The third-order valence-electron chi connectivity index (χ3n) is 13.6. The number of phosphoric ester groups is 1. The van der Waals surface area contributed by atoms with Gasteiger partial charge < -0.3 is 28.8 Å². The second kappa shape index (κ2) is 51.6. The summed E-state index contributed by atoms with van der Waals surface area (Å²) in [5.74, 6) is -0.206. The number of amides is 1. The number of hydrogen-bond acceptors (Lipinski definition) is 6. The van der Waals surface area contributed by atoms with Gasteiger partial charge in [0.25, 0.3) is 7.82 Å². The van der Waals surface area contributed by atoms with Gasteiger partial charge in [0.15, 0.2) is 0 Å². The van der Waals surface area contributed by atoms with Crippen molar-refractivity contribution in [3.05, 3.63) is 36.5 Å². The lowest BCUT2D eigenvalue weighted by molar-refractivity contribution is -0.870. The molecule has 3 unspecified atom stereocenters. The zero-order valence-corrected chi connectivity index (χ0v) is 47.4. The van der Waals surface area contributed by atoms with E-state index >= 15 is 0 Å². The molecule has 0 aromatic carbocycles. The maximum absolute atomic E-state index is 13.0. The van der Waals surface area contributed by atoms with Crippen LogP contribution in [-0.4, -0.2) is 68.5 Å². The van der Waals surface area contributed by atoms with Crippen molar-refractivity contribution in [3.63, 3.8) is 0 Å². The van der Waals surface area contributed by atoms with Crippen molar-refractivity contribution in [1.29, 1.82) is 0 Å². The van der Waals surface area contributed by atoms with Gasteiger partial charge in [0, 0.05) is 6.42 Å². The molecule has 0 aliphatic carbocycles. The smallest absolute Gasteiger partial charge is 0.268 e. The van der Waals surface area contributed by atoms with Crippen molar-refractivity contribution in [1.82, 2.24) is 5.32 Å². The summed E-state index contributed by atoms with van der Waals surface area (Å²) >= 11 is 0. The van der Waals surface area contributed by atoms with E-state index < -0.39 is 26.6 Å². The third kappa shape index (κ3) is 54.3. The van der Waals surface area contributed by atoms with Crippen LogP contribution in [0.25, 0.3) is 0 Å². The molecule has 9 heteroatoms. The molecular weight excluding hydrogens is 876 g/mol. The van der Waals surface area contributed by atoms with E-state index in [-0.39, 0.29) is 12.5 Å². The van der Waals surface area contributed by atoms with Gasteiger partial charge in [-0.15, -0.1) is 0 Å². The molecule has 408 valence electrons. The number of aliphatic hydroxyl groups is 1. The zero-order valence-electron chi connectivity index (χ0n) is 46.5. The van der Waals surface area contributed by atoms with Crippen LogP contribution in [0.2, 0.25) is 0 Å². The van der Waals surface area contributed by atoms with Crippen LogP contribution in [0, 0.1) is 0 Å². The Labute approximate surface area is 429 Å². The molecule has 0 saturated carbocycles. The predicted octanol–water partition coefficient (Wildman–Crippen LogP) is 17.5. The molecule has 0 saturated heterocycles. The summed E-state index contributed by atoms with van der Waals surface area (Å²) in [7, 11) is 1.25. The van der Waals surface area contributed by atoms with Crippen molar-refractivity contribution in [2.24, 2.45) is 0 Å². The Bertz CT molecular complexity index is 1220. The molecule has 2 N–H and O–H groups in total. The van der Waals surface area contributed by atoms with Crippen LogP contribution in [-0.2, 0) is 18.4 Å². The molecule has 0 rings (SSSR count). The number of carbonyl (C=O) groups is 1. The van der Waals surface area contributed by atoms with Crippen molar-refractivity contribution in [2.45, 2.75) is 302 Å². The second-order valence-corrected chi connectivity index (χ2v) is 23.1. The van der Waals surface area contributed by atoms with Gasteiger partial charge >= 0.3 is 0 Å². The van der Waals surface area contributed by atoms with E-state index in [1.807, 2.05) is 27.2 Å². The summed E-state index contributed by atoms with van der Waals surface area (Å²) < 4.78 is 23.3. The average Bonchev–Trinajstić information content (AvgIpc) is 3.31. The molecule has 69 heavy (non-hydrogen) atoms. The SMILES string of the molecule is CCCCCCCC/C=C\CCCCCCCCCCCC(=O)NC(COP(=O)([O-])OCC[N+](C)(C)C)C(O)/C=C/CC/C=C/CCCCCCCCCCCCCCCCCCCCCCCC. The summed E-state index contributed by atoms with van der Waals surface area (Å²) in [6.07, 6.45) is 66.6. The van der Waals surface area contributed by atoms with Crippen molar-refractivity contribution >= 4 is 13.7 Å². The monoisotopic (exact) mass is 993 g/mol. The standard InChI is InChI=1S/C60H117N2O6P/c1-6-8-10-12-14-16-18-20-22-24-26-27-28-29-30-31-32-33-34-36-37-39-41-43-45-47-49-51-53-59(63)58(57-68-69(65,66)67-56-55-62(3,4)5)61-60(64)54-52-50-48-46-44-42-40-38-35-25-23-21-19-17-15-13-11-9-7-2/h21,23,43,45,51,53,58-59,63H,6-20,22,24-42,44,46-50,52,54-57H2,1-5H3,(H-,61,64,65,66)/b23-21-,45-43+,53-51+. The van der Waals surface area contributed by atoms with Gasteiger partial charge in [0.2, 0.25) is 5.91 Å². The number of likely N-dealkylation sites (N-methyl/N-ethyl adjacent to an activating group) is 1. The Morgan fingerprint density at radius 3 is 1.17 bits per heavy atom.